The maximum absolute atomic E-state index is 12.8. The van der Waals surface area contributed by atoms with Crippen molar-refractivity contribution in [3.8, 4) is 0 Å². The Labute approximate surface area is 159 Å². The molecule has 0 N–H and O–H groups in total. The van der Waals surface area contributed by atoms with Crippen molar-refractivity contribution in [2.75, 3.05) is 25.2 Å². The largest absolute Gasteiger partial charge is 0.383 e. The van der Waals surface area contributed by atoms with Gasteiger partial charge in [-0.25, -0.2) is 4.98 Å². The summed E-state index contributed by atoms with van der Waals surface area (Å²) in [5, 5.41) is 0. The number of hydrogen-bond donors (Lipinski definition) is 0. The van der Waals surface area contributed by atoms with E-state index in [0.717, 1.165) is 29.1 Å². The molecule has 1 amide bonds. The molecule has 5 nitrogen and oxygen atoms in total. The smallest absolute Gasteiger partial charge is 0.227 e. The summed E-state index contributed by atoms with van der Waals surface area (Å²) in [6.07, 6.45) is 0.490. The number of anilines is 1. The van der Waals surface area contributed by atoms with Crippen LogP contribution in [0.1, 0.15) is 29.3 Å². The molecule has 5 heteroatoms. The zero-order valence-electron chi connectivity index (χ0n) is 16.1. The van der Waals surface area contributed by atoms with Gasteiger partial charge in [0.2, 0.25) is 5.91 Å². The third kappa shape index (κ3) is 3.12. The van der Waals surface area contributed by atoms with Gasteiger partial charge in [-0.05, 0) is 43.2 Å². The van der Waals surface area contributed by atoms with E-state index in [1.165, 1.54) is 11.1 Å². The average molecular weight is 363 g/mol. The Bertz CT molecular complexity index is 992. The fraction of sp³-hybridized carbons (Fsp3) is 0.364. The number of rotatable bonds is 5. The van der Waals surface area contributed by atoms with Gasteiger partial charge in [0, 0.05) is 38.2 Å². The van der Waals surface area contributed by atoms with Crippen LogP contribution < -0.4 is 4.90 Å². The lowest BCUT2D eigenvalue weighted by atomic mass is 10.1. The topological polar surface area (TPSA) is 47.4 Å². The van der Waals surface area contributed by atoms with Crippen LogP contribution in [0.5, 0.6) is 0 Å². The van der Waals surface area contributed by atoms with Crippen molar-refractivity contribution in [1.82, 2.24) is 9.55 Å². The zero-order chi connectivity index (χ0) is 19.0. The summed E-state index contributed by atoms with van der Waals surface area (Å²) in [6, 6.07) is 14.3. The van der Waals surface area contributed by atoms with Crippen LogP contribution in [0.3, 0.4) is 0 Å². The van der Waals surface area contributed by atoms with Gasteiger partial charge in [-0.2, -0.15) is 0 Å². The number of amides is 1. The van der Waals surface area contributed by atoms with Crippen molar-refractivity contribution in [1.29, 1.82) is 0 Å². The minimum atomic E-state index is 0.0849. The summed E-state index contributed by atoms with van der Waals surface area (Å²) < 4.78 is 7.51. The molecular weight excluding hydrogens is 338 g/mol. The molecule has 0 spiro atoms. The lowest BCUT2D eigenvalue weighted by Crippen LogP contribution is -2.25. The molecule has 0 unspecified atom stereocenters. The Morgan fingerprint density at radius 2 is 1.96 bits per heavy atom. The van der Waals surface area contributed by atoms with Crippen LogP contribution in [0.15, 0.2) is 42.5 Å². The van der Waals surface area contributed by atoms with E-state index in [1.807, 2.05) is 35.2 Å². The number of nitrogens with zero attached hydrogens (tertiary/aromatic N) is 3. The summed E-state index contributed by atoms with van der Waals surface area (Å²) in [7, 11) is 1.71. The van der Waals surface area contributed by atoms with Crippen LogP contribution in [-0.4, -0.2) is 35.7 Å². The van der Waals surface area contributed by atoms with Crippen LogP contribution in [0.4, 0.5) is 5.69 Å². The summed E-state index contributed by atoms with van der Waals surface area (Å²) in [6.45, 7) is 6.19. The van der Waals surface area contributed by atoms with E-state index in [4.69, 9.17) is 9.72 Å². The number of methoxy groups -OCH3 is 1. The molecule has 0 bridgehead atoms. The van der Waals surface area contributed by atoms with E-state index in [9.17, 15) is 4.79 Å². The number of aryl methyl sites for hydroxylation is 1. The third-order valence-electron chi connectivity index (χ3n) is 5.56. The first-order valence-electron chi connectivity index (χ1n) is 9.41. The molecule has 140 valence electrons. The van der Waals surface area contributed by atoms with Crippen molar-refractivity contribution in [3.63, 3.8) is 0 Å². The minimum Gasteiger partial charge on any atom is -0.383 e. The quantitative estimate of drug-likeness (QED) is 0.692. The summed E-state index contributed by atoms with van der Waals surface area (Å²) in [5.41, 5.74) is 5.46. The van der Waals surface area contributed by atoms with Gasteiger partial charge in [-0.15, -0.1) is 0 Å². The highest BCUT2D eigenvalue weighted by Crippen LogP contribution is 2.35. The Kier molecular flexibility index (Phi) is 4.70. The fourth-order valence-corrected chi connectivity index (χ4v) is 3.96. The number of hydrogen-bond acceptors (Lipinski definition) is 3. The Balaban J connectivity index is 1.70. The number of aromatic nitrogens is 2. The number of ether oxygens (including phenoxy) is 1. The number of carbonyl (C=O) groups is 1. The molecule has 4 rings (SSSR count). The molecule has 3 aromatic rings. The number of carbonyl (C=O) groups excluding carboxylic acids is 1. The molecule has 27 heavy (non-hydrogen) atoms. The average Bonchev–Trinajstić information content (AvgIpc) is 3.23. The van der Waals surface area contributed by atoms with Gasteiger partial charge in [-0.1, -0.05) is 24.3 Å². The lowest BCUT2D eigenvalue weighted by molar-refractivity contribution is -0.117. The molecule has 1 atom stereocenters. The maximum atomic E-state index is 12.8. The molecule has 2 aromatic carbocycles. The lowest BCUT2D eigenvalue weighted by Gasteiger charge is -2.20. The molecular formula is C22H25N3O2. The Morgan fingerprint density at radius 1 is 1.15 bits per heavy atom. The standard InChI is InChI=1S/C22H25N3O2/c1-15-7-6-10-19(16(15)2)25-14-17(13-21(25)26)22-23-18-8-4-5-9-20(18)24(22)11-12-27-3/h4-10,17H,11-14H2,1-3H3/t17-/m0/s1. The van der Waals surface area contributed by atoms with E-state index < -0.39 is 0 Å². The van der Waals surface area contributed by atoms with Gasteiger partial charge in [0.25, 0.3) is 0 Å². The van der Waals surface area contributed by atoms with E-state index in [0.29, 0.717) is 19.6 Å². The summed E-state index contributed by atoms with van der Waals surface area (Å²) in [4.78, 5) is 19.6. The zero-order valence-corrected chi connectivity index (χ0v) is 16.1. The maximum Gasteiger partial charge on any atom is 0.227 e. The van der Waals surface area contributed by atoms with Crippen molar-refractivity contribution >= 4 is 22.6 Å². The first kappa shape index (κ1) is 17.7. The monoisotopic (exact) mass is 363 g/mol. The van der Waals surface area contributed by atoms with Crippen LogP contribution in [0.25, 0.3) is 11.0 Å². The molecule has 0 saturated carbocycles. The van der Waals surface area contributed by atoms with E-state index in [-0.39, 0.29) is 11.8 Å². The van der Waals surface area contributed by atoms with E-state index in [1.54, 1.807) is 7.11 Å². The van der Waals surface area contributed by atoms with Crippen LogP contribution >= 0.6 is 0 Å². The van der Waals surface area contributed by atoms with Gasteiger partial charge in [0.1, 0.15) is 5.82 Å². The van der Waals surface area contributed by atoms with Gasteiger partial charge < -0.3 is 14.2 Å². The van der Waals surface area contributed by atoms with Gasteiger partial charge in [0.15, 0.2) is 0 Å². The number of para-hydroxylation sites is 2. The van der Waals surface area contributed by atoms with Gasteiger partial charge in [0.05, 0.1) is 17.6 Å². The van der Waals surface area contributed by atoms with Gasteiger partial charge >= 0.3 is 0 Å². The third-order valence-corrected chi connectivity index (χ3v) is 5.56. The van der Waals surface area contributed by atoms with Crippen molar-refractivity contribution < 1.29 is 9.53 Å². The molecule has 1 aromatic heterocycles. The Morgan fingerprint density at radius 3 is 2.78 bits per heavy atom. The second kappa shape index (κ2) is 7.16. The summed E-state index contributed by atoms with van der Waals surface area (Å²) in [5.74, 6) is 1.23. The first-order valence-corrected chi connectivity index (χ1v) is 9.41. The SMILES string of the molecule is COCCn1c([C@H]2CC(=O)N(c3cccc(C)c3C)C2)nc2ccccc21. The predicted octanol–water partition coefficient (Wildman–Crippen LogP) is 3.82. The van der Waals surface area contributed by atoms with E-state index in [2.05, 4.69) is 30.5 Å². The van der Waals surface area contributed by atoms with Crippen LogP contribution in [0.2, 0.25) is 0 Å². The van der Waals surface area contributed by atoms with Gasteiger partial charge in [-0.3, -0.25) is 4.79 Å². The van der Waals surface area contributed by atoms with Crippen molar-refractivity contribution in [2.45, 2.75) is 32.7 Å². The predicted molar refractivity (Wildman–Crippen MR) is 107 cm³/mol. The highest BCUT2D eigenvalue weighted by atomic mass is 16.5. The molecule has 2 heterocycles. The number of imidazole rings is 1. The molecule has 0 radical (unpaired) electrons. The molecule has 1 fully saturated rings. The minimum absolute atomic E-state index is 0.0849. The number of benzene rings is 2. The molecule has 1 aliphatic heterocycles. The fourth-order valence-electron chi connectivity index (χ4n) is 3.96. The number of fused-ring (bicyclic) bond motifs is 1. The Hall–Kier alpha value is -2.66. The molecule has 1 aliphatic rings. The van der Waals surface area contributed by atoms with Crippen molar-refractivity contribution in [2.24, 2.45) is 0 Å². The van der Waals surface area contributed by atoms with Crippen molar-refractivity contribution in [3.05, 3.63) is 59.4 Å². The molecule has 0 aliphatic carbocycles. The van der Waals surface area contributed by atoms with E-state index >= 15 is 0 Å². The normalized spacial score (nSPS) is 17.2. The highest BCUT2D eigenvalue weighted by Gasteiger charge is 2.35. The first-order chi connectivity index (χ1) is 13.1. The van der Waals surface area contributed by atoms with Crippen LogP contribution in [0, 0.1) is 13.8 Å². The summed E-state index contributed by atoms with van der Waals surface area (Å²) >= 11 is 0. The molecule has 1 saturated heterocycles. The second-order valence-corrected chi connectivity index (χ2v) is 7.23. The highest BCUT2D eigenvalue weighted by molar-refractivity contribution is 5.97. The van der Waals surface area contributed by atoms with Crippen LogP contribution in [-0.2, 0) is 16.1 Å². The second-order valence-electron chi connectivity index (χ2n) is 7.23.